The van der Waals surface area contributed by atoms with Crippen molar-refractivity contribution in [2.75, 3.05) is 25.2 Å². The van der Waals surface area contributed by atoms with Crippen molar-refractivity contribution < 1.29 is 33.9 Å². The molecule has 0 aromatic carbocycles. The summed E-state index contributed by atoms with van der Waals surface area (Å²) in [6.45, 7) is 1.24. The van der Waals surface area contributed by atoms with Crippen molar-refractivity contribution >= 4 is 57.7 Å². The molecule has 0 saturated carbocycles. The van der Waals surface area contributed by atoms with Gasteiger partial charge < -0.3 is 25.7 Å². The van der Waals surface area contributed by atoms with E-state index in [1.54, 1.807) is 0 Å². The molecular weight excluding hydrogens is 462 g/mol. The number of aliphatic carboxylic acids is 1. The number of nitrogens with zero attached hydrogens (tertiary/aromatic N) is 3. The summed E-state index contributed by atoms with van der Waals surface area (Å²) in [7, 11) is 1.26. The van der Waals surface area contributed by atoms with Crippen molar-refractivity contribution in [1.82, 2.24) is 15.2 Å². The number of nitrogens with one attached hydrogen (secondary N) is 1. The first-order chi connectivity index (χ1) is 15.2. The Labute approximate surface area is 190 Å². The van der Waals surface area contributed by atoms with Gasteiger partial charge in [0.05, 0.1) is 0 Å². The number of carboxylic acid groups (broad SMARTS) is 1. The number of hydrogen-bond donors (Lipinski definition) is 3. The number of carbonyl (C=O) groups excluding carboxylic acids is 3. The van der Waals surface area contributed by atoms with E-state index in [0.29, 0.717) is 5.57 Å². The zero-order chi connectivity index (χ0) is 23.4. The van der Waals surface area contributed by atoms with Crippen LogP contribution >= 0.6 is 23.1 Å². The largest absolute Gasteiger partial charge is 0.477 e. The fraction of sp³-hybridized carbons (Fsp3) is 0.333. The number of thiazole rings is 1. The second kappa shape index (κ2) is 9.82. The van der Waals surface area contributed by atoms with Crippen molar-refractivity contribution in [2.24, 2.45) is 5.16 Å². The van der Waals surface area contributed by atoms with E-state index < -0.39 is 35.2 Å². The summed E-state index contributed by atoms with van der Waals surface area (Å²) >= 11 is 2.40. The van der Waals surface area contributed by atoms with Gasteiger partial charge in [-0.3, -0.25) is 19.3 Å². The van der Waals surface area contributed by atoms with Gasteiger partial charge in [0.15, 0.2) is 10.8 Å². The lowest BCUT2D eigenvalue weighted by atomic mass is 10.0. The number of carbonyl (C=O) groups is 4. The third-order valence-corrected chi connectivity index (χ3v) is 6.33. The molecule has 0 radical (unpaired) electrons. The average Bonchev–Trinajstić information content (AvgIpc) is 3.17. The maximum absolute atomic E-state index is 12.7. The van der Waals surface area contributed by atoms with E-state index in [0.717, 1.165) is 16.2 Å². The molecule has 12 nitrogen and oxygen atoms in total. The van der Waals surface area contributed by atoms with E-state index in [1.807, 2.05) is 0 Å². The topological polar surface area (TPSA) is 174 Å². The summed E-state index contributed by atoms with van der Waals surface area (Å²) in [4.78, 5) is 57.9. The number of rotatable bonds is 8. The summed E-state index contributed by atoms with van der Waals surface area (Å²) in [5, 5.41) is 17.0. The number of carboxylic acids is 1. The van der Waals surface area contributed by atoms with Crippen LogP contribution in [0.15, 0.2) is 34.0 Å². The Morgan fingerprint density at radius 3 is 2.81 bits per heavy atom. The van der Waals surface area contributed by atoms with Gasteiger partial charge in [-0.25, -0.2) is 9.78 Å². The van der Waals surface area contributed by atoms with Crippen molar-refractivity contribution in [1.29, 1.82) is 0 Å². The van der Waals surface area contributed by atoms with E-state index in [1.165, 1.54) is 43.3 Å². The number of fused-ring (bicyclic) bond motifs is 1. The average molecular weight is 482 g/mol. The molecule has 14 heteroatoms. The van der Waals surface area contributed by atoms with Crippen LogP contribution in [0.3, 0.4) is 0 Å². The van der Waals surface area contributed by atoms with Gasteiger partial charge in [-0.2, -0.15) is 0 Å². The van der Waals surface area contributed by atoms with Gasteiger partial charge in [0, 0.05) is 18.1 Å². The summed E-state index contributed by atoms with van der Waals surface area (Å²) < 4.78 is 4.79. The number of ether oxygens (including phenoxy) is 1. The van der Waals surface area contributed by atoms with Gasteiger partial charge in [-0.1, -0.05) is 11.2 Å². The van der Waals surface area contributed by atoms with Gasteiger partial charge >= 0.3 is 11.9 Å². The lowest BCUT2D eigenvalue weighted by molar-refractivity contribution is -0.150. The Hall–Kier alpha value is -3.39. The summed E-state index contributed by atoms with van der Waals surface area (Å²) in [5.74, 6) is -2.74. The lowest BCUT2D eigenvalue weighted by Gasteiger charge is -2.49. The quantitative estimate of drug-likeness (QED) is 0.197. The molecule has 2 aliphatic heterocycles. The molecule has 1 aromatic heterocycles. The highest BCUT2D eigenvalue weighted by Crippen LogP contribution is 2.40. The molecule has 2 aliphatic rings. The van der Waals surface area contributed by atoms with Gasteiger partial charge in [0.25, 0.3) is 11.8 Å². The van der Waals surface area contributed by atoms with E-state index in [-0.39, 0.29) is 34.6 Å². The van der Waals surface area contributed by atoms with Gasteiger partial charge in [0.2, 0.25) is 0 Å². The van der Waals surface area contributed by atoms with Crippen molar-refractivity contribution in [2.45, 2.75) is 18.3 Å². The Kier molecular flexibility index (Phi) is 7.15. The molecule has 32 heavy (non-hydrogen) atoms. The highest BCUT2D eigenvalue weighted by Gasteiger charge is 2.54. The van der Waals surface area contributed by atoms with Crippen molar-refractivity contribution in [3.8, 4) is 0 Å². The third kappa shape index (κ3) is 4.75. The minimum Gasteiger partial charge on any atom is -0.477 e. The van der Waals surface area contributed by atoms with Crippen LogP contribution in [0.5, 0.6) is 0 Å². The molecule has 170 valence electrons. The normalized spacial score (nSPS) is 20.6. The van der Waals surface area contributed by atoms with Crippen LogP contribution < -0.4 is 11.1 Å². The minimum absolute atomic E-state index is 0.0187. The van der Waals surface area contributed by atoms with Gasteiger partial charge in [-0.15, -0.1) is 23.1 Å². The Morgan fingerprint density at radius 2 is 2.22 bits per heavy atom. The van der Waals surface area contributed by atoms with Crippen molar-refractivity contribution in [3.63, 3.8) is 0 Å². The van der Waals surface area contributed by atoms with E-state index >= 15 is 0 Å². The first-order valence-electron chi connectivity index (χ1n) is 9.09. The minimum atomic E-state index is -1.28. The number of β-lactam (4-membered cyclic amide) rings is 1. The number of thioether (sulfide) groups is 1. The zero-order valence-corrected chi connectivity index (χ0v) is 18.6. The second-order valence-corrected chi connectivity index (χ2v) is 8.43. The number of anilines is 1. The molecule has 0 spiro atoms. The Balaban J connectivity index is 1.75. The zero-order valence-electron chi connectivity index (χ0n) is 16.9. The summed E-state index contributed by atoms with van der Waals surface area (Å²) in [6.07, 6.45) is 3.00. The molecule has 3 rings (SSSR count). The Morgan fingerprint density at radius 1 is 1.47 bits per heavy atom. The number of aromatic nitrogens is 1. The molecule has 3 heterocycles. The highest BCUT2D eigenvalue weighted by molar-refractivity contribution is 8.00. The van der Waals surface area contributed by atoms with Gasteiger partial charge in [0.1, 0.15) is 36.5 Å². The molecule has 2 amide bonds. The Bertz CT molecular complexity index is 1050. The predicted octanol–water partition coefficient (Wildman–Crippen LogP) is -0.0663. The SMILES string of the molecule is CON=C(C(=O)NC1C(=O)N2C(C(=O)O)=C(C=CCOC(C)=O)CS[C@@H]12)c1csc(N)n1. The molecule has 0 bridgehead atoms. The van der Waals surface area contributed by atoms with E-state index in [9.17, 15) is 24.3 Å². The van der Waals surface area contributed by atoms with Gasteiger partial charge in [-0.05, 0) is 11.6 Å². The van der Waals surface area contributed by atoms with Crippen LogP contribution in [0.1, 0.15) is 12.6 Å². The summed E-state index contributed by atoms with van der Waals surface area (Å²) in [6, 6.07) is -0.952. The number of hydrogen-bond acceptors (Lipinski definition) is 11. The number of allylic oxidation sites excluding steroid dienone is 1. The molecule has 1 unspecified atom stereocenters. The molecule has 1 fully saturated rings. The van der Waals surface area contributed by atoms with Crippen molar-refractivity contribution in [3.05, 3.63) is 34.5 Å². The van der Waals surface area contributed by atoms with Crippen LogP contribution in [0.25, 0.3) is 0 Å². The van der Waals surface area contributed by atoms with E-state index in [4.69, 9.17) is 15.3 Å². The number of nitrogen functional groups attached to an aromatic ring is 1. The van der Waals surface area contributed by atoms with Crippen LogP contribution in [-0.2, 0) is 28.8 Å². The van der Waals surface area contributed by atoms with Crippen LogP contribution in [-0.4, -0.2) is 75.3 Å². The standard InChI is InChI=1S/C18H19N5O7S2/c1-8(24)30-5-3-4-9-6-31-16-12(15(26)23(16)13(9)17(27)28)21-14(25)11(22-29-2)10-7-32-18(19)20-10/h3-4,7,12,16H,5-6H2,1-2H3,(H2,19,20)(H,21,25)(H,27,28)/t12?,16-/m0/s1. The molecule has 4 N–H and O–H groups in total. The number of esters is 1. The monoisotopic (exact) mass is 481 g/mol. The fourth-order valence-electron chi connectivity index (χ4n) is 3.03. The lowest BCUT2D eigenvalue weighted by Crippen LogP contribution is -2.71. The number of amides is 2. The molecule has 2 atom stereocenters. The summed E-state index contributed by atoms with van der Waals surface area (Å²) in [5.41, 5.74) is 5.85. The first-order valence-corrected chi connectivity index (χ1v) is 11.0. The van der Waals surface area contributed by atoms with Crippen LogP contribution in [0, 0.1) is 0 Å². The number of oxime groups is 1. The van der Waals surface area contributed by atoms with E-state index in [2.05, 4.69) is 15.5 Å². The molecule has 1 aromatic rings. The fourth-order valence-corrected chi connectivity index (χ4v) is 4.89. The number of nitrogens with two attached hydrogens (primary N) is 1. The predicted molar refractivity (Wildman–Crippen MR) is 116 cm³/mol. The molecule has 0 aliphatic carbocycles. The molecular formula is C18H19N5O7S2. The van der Waals surface area contributed by atoms with Crippen LogP contribution in [0.2, 0.25) is 0 Å². The maximum Gasteiger partial charge on any atom is 0.352 e. The first kappa shape index (κ1) is 23.3. The second-order valence-electron chi connectivity index (χ2n) is 6.44. The maximum atomic E-state index is 12.7. The van der Waals surface area contributed by atoms with Crippen LogP contribution in [0.4, 0.5) is 5.13 Å². The third-order valence-electron chi connectivity index (χ3n) is 4.35. The molecule has 1 saturated heterocycles. The smallest absolute Gasteiger partial charge is 0.352 e. The highest BCUT2D eigenvalue weighted by atomic mass is 32.2.